The Balaban J connectivity index is 2.09. The van der Waals surface area contributed by atoms with Crippen molar-refractivity contribution < 1.29 is 9.59 Å². The number of amides is 3. The minimum atomic E-state index is -0.0723. The predicted octanol–water partition coefficient (Wildman–Crippen LogP) is 3.40. The molecule has 1 aliphatic rings. The number of nitrogens with zero attached hydrogens (tertiary/aromatic N) is 2. The smallest absolute Gasteiger partial charge is 0.317 e. The van der Waals surface area contributed by atoms with E-state index in [1.165, 1.54) is 5.56 Å². The highest BCUT2D eigenvalue weighted by Crippen LogP contribution is 2.42. The van der Waals surface area contributed by atoms with Crippen LogP contribution in [0.3, 0.4) is 0 Å². The first-order valence-electron chi connectivity index (χ1n) is 8.91. The largest absolute Gasteiger partial charge is 0.336 e. The van der Waals surface area contributed by atoms with Crippen molar-refractivity contribution in [2.45, 2.75) is 51.3 Å². The van der Waals surface area contributed by atoms with Gasteiger partial charge in [-0.25, -0.2) is 4.79 Å². The molecule has 2 unspecified atom stereocenters. The molecule has 0 aliphatic carbocycles. The maximum Gasteiger partial charge on any atom is 0.317 e. The molecule has 0 bridgehead atoms. The van der Waals surface area contributed by atoms with Gasteiger partial charge < -0.3 is 15.1 Å². The fourth-order valence-electron chi connectivity index (χ4n) is 2.95. The van der Waals surface area contributed by atoms with Gasteiger partial charge in [0.2, 0.25) is 5.91 Å². The number of urea groups is 1. The van der Waals surface area contributed by atoms with Crippen LogP contribution in [-0.4, -0.2) is 52.7 Å². The first kappa shape index (κ1) is 19.6. The van der Waals surface area contributed by atoms with Gasteiger partial charge in [0, 0.05) is 25.7 Å². The SMILES string of the molecule is CCN(CCN1C(=O)C(C)SC1c1cccc(C)c1)C(=O)NC(C)C. The molecule has 1 saturated heterocycles. The molecular weight excluding hydrogens is 334 g/mol. The summed E-state index contributed by atoms with van der Waals surface area (Å²) in [4.78, 5) is 28.5. The summed E-state index contributed by atoms with van der Waals surface area (Å²) < 4.78 is 0. The van der Waals surface area contributed by atoms with Crippen LogP contribution in [0.25, 0.3) is 0 Å². The Morgan fingerprint density at radius 1 is 1.40 bits per heavy atom. The molecule has 1 heterocycles. The van der Waals surface area contributed by atoms with Crippen LogP contribution in [0.4, 0.5) is 4.79 Å². The standard InChI is InChI=1S/C19H29N3O2S/c1-6-21(19(24)20-13(2)3)10-11-22-17(23)15(5)25-18(22)16-9-7-8-14(4)12-16/h7-9,12-13,15,18H,6,10-11H2,1-5H3,(H,20,24). The summed E-state index contributed by atoms with van der Waals surface area (Å²) in [6.45, 7) is 11.6. The van der Waals surface area contributed by atoms with Crippen LogP contribution in [0, 0.1) is 6.92 Å². The van der Waals surface area contributed by atoms with Crippen LogP contribution >= 0.6 is 11.8 Å². The minimum absolute atomic E-state index is 0.0225. The Morgan fingerprint density at radius 3 is 2.72 bits per heavy atom. The number of rotatable bonds is 6. The highest BCUT2D eigenvalue weighted by Gasteiger charge is 2.38. The molecule has 25 heavy (non-hydrogen) atoms. The quantitative estimate of drug-likeness (QED) is 0.843. The van der Waals surface area contributed by atoms with E-state index >= 15 is 0 Å². The van der Waals surface area contributed by atoms with E-state index in [1.54, 1.807) is 16.7 Å². The summed E-state index contributed by atoms with van der Waals surface area (Å²) in [6.07, 6.45) is 0. The Morgan fingerprint density at radius 2 is 2.12 bits per heavy atom. The lowest BCUT2D eigenvalue weighted by Gasteiger charge is -2.29. The summed E-state index contributed by atoms with van der Waals surface area (Å²) in [6, 6.07) is 8.34. The van der Waals surface area contributed by atoms with Crippen molar-refractivity contribution in [3.63, 3.8) is 0 Å². The highest BCUT2D eigenvalue weighted by molar-refractivity contribution is 8.01. The second-order valence-electron chi connectivity index (χ2n) is 6.76. The molecular formula is C19H29N3O2S. The summed E-state index contributed by atoms with van der Waals surface area (Å²) in [7, 11) is 0. The zero-order valence-corrected chi connectivity index (χ0v) is 16.6. The first-order valence-corrected chi connectivity index (χ1v) is 9.85. The van der Waals surface area contributed by atoms with Crippen LogP contribution < -0.4 is 5.32 Å². The van der Waals surface area contributed by atoms with Gasteiger partial charge in [-0.1, -0.05) is 29.8 Å². The Bertz CT molecular complexity index is 620. The Labute approximate surface area is 155 Å². The number of thioether (sulfide) groups is 1. The van der Waals surface area contributed by atoms with Crippen molar-refractivity contribution in [1.82, 2.24) is 15.1 Å². The molecule has 0 spiro atoms. The van der Waals surface area contributed by atoms with Gasteiger partial charge in [-0.05, 0) is 40.2 Å². The molecule has 1 aliphatic heterocycles. The van der Waals surface area contributed by atoms with E-state index in [4.69, 9.17) is 0 Å². The number of nitrogens with one attached hydrogen (secondary N) is 1. The number of aryl methyl sites for hydroxylation is 1. The third-order valence-corrected chi connectivity index (χ3v) is 5.66. The highest BCUT2D eigenvalue weighted by atomic mass is 32.2. The van der Waals surface area contributed by atoms with Gasteiger partial charge in [-0.3, -0.25) is 4.79 Å². The number of benzene rings is 1. The molecule has 138 valence electrons. The van der Waals surface area contributed by atoms with Crippen molar-refractivity contribution in [2.24, 2.45) is 0 Å². The van der Waals surface area contributed by atoms with Crippen molar-refractivity contribution in [2.75, 3.05) is 19.6 Å². The van der Waals surface area contributed by atoms with E-state index in [1.807, 2.05) is 38.7 Å². The third kappa shape index (κ3) is 4.91. The van der Waals surface area contributed by atoms with E-state index in [-0.39, 0.29) is 28.6 Å². The summed E-state index contributed by atoms with van der Waals surface area (Å²) in [5.41, 5.74) is 2.34. The zero-order chi connectivity index (χ0) is 18.6. The Hall–Kier alpha value is -1.69. The molecule has 1 fully saturated rings. The van der Waals surface area contributed by atoms with Gasteiger partial charge in [0.1, 0.15) is 5.37 Å². The van der Waals surface area contributed by atoms with Gasteiger partial charge >= 0.3 is 6.03 Å². The van der Waals surface area contributed by atoms with Crippen LogP contribution in [0.2, 0.25) is 0 Å². The molecule has 5 nitrogen and oxygen atoms in total. The van der Waals surface area contributed by atoms with Gasteiger partial charge in [0.15, 0.2) is 0 Å². The van der Waals surface area contributed by atoms with Crippen molar-refractivity contribution in [3.8, 4) is 0 Å². The maximum absolute atomic E-state index is 12.6. The summed E-state index contributed by atoms with van der Waals surface area (Å²) in [5.74, 6) is 0.150. The zero-order valence-electron chi connectivity index (χ0n) is 15.8. The van der Waals surface area contributed by atoms with Gasteiger partial charge in [0.05, 0.1) is 5.25 Å². The average Bonchev–Trinajstić information content (AvgIpc) is 2.83. The summed E-state index contributed by atoms with van der Waals surface area (Å²) in [5, 5.41) is 2.89. The minimum Gasteiger partial charge on any atom is -0.336 e. The molecule has 2 rings (SSSR count). The van der Waals surface area contributed by atoms with E-state index in [9.17, 15) is 9.59 Å². The van der Waals surface area contributed by atoms with Gasteiger partial charge in [-0.2, -0.15) is 0 Å². The molecule has 2 atom stereocenters. The monoisotopic (exact) mass is 363 g/mol. The van der Waals surface area contributed by atoms with E-state index in [2.05, 4.69) is 30.4 Å². The number of hydrogen-bond acceptors (Lipinski definition) is 3. The van der Waals surface area contributed by atoms with Gasteiger partial charge in [0.25, 0.3) is 0 Å². The number of carbonyl (C=O) groups is 2. The van der Waals surface area contributed by atoms with Crippen molar-refractivity contribution in [1.29, 1.82) is 0 Å². The Kier molecular flexibility index (Phi) is 6.76. The van der Waals surface area contributed by atoms with Crippen LogP contribution in [-0.2, 0) is 4.79 Å². The van der Waals surface area contributed by atoms with E-state index in [0.29, 0.717) is 19.6 Å². The molecule has 1 aromatic carbocycles. The fraction of sp³-hybridized carbons (Fsp3) is 0.579. The number of likely N-dealkylation sites (N-methyl/N-ethyl adjacent to an activating group) is 1. The average molecular weight is 364 g/mol. The number of hydrogen-bond donors (Lipinski definition) is 1. The summed E-state index contributed by atoms with van der Waals surface area (Å²) >= 11 is 1.68. The molecule has 1 N–H and O–H groups in total. The fourth-order valence-corrected chi connectivity index (χ4v) is 4.25. The van der Waals surface area contributed by atoms with Crippen molar-refractivity contribution in [3.05, 3.63) is 35.4 Å². The molecule has 6 heteroatoms. The van der Waals surface area contributed by atoms with E-state index in [0.717, 1.165) is 5.56 Å². The normalized spacial score (nSPS) is 20.2. The van der Waals surface area contributed by atoms with Crippen LogP contribution in [0.1, 0.15) is 44.2 Å². The lowest BCUT2D eigenvalue weighted by atomic mass is 10.1. The molecule has 3 amide bonds. The third-order valence-electron chi connectivity index (χ3n) is 4.27. The molecule has 0 radical (unpaired) electrons. The van der Waals surface area contributed by atoms with Crippen molar-refractivity contribution >= 4 is 23.7 Å². The topological polar surface area (TPSA) is 52.7 Å². The van der Waals surface area contributed by atoms with Crippen LogP contribution in [0.5, 0.6) is 0 Å². The molecule has 0 aromatic heterocycles. The van der Waals surface area contributed by atoms with E-state index < -0.39 is 0 Å². The maximum atomic E-state index is 12.6. The molecule has 0 saturated carbocycles. The second kappa shape index (κ2) is 8.61. The predicted molar refractivity (Wildman–Crippen MR) is 104 cm³/mol. The second-order valence-corrected chi connectivity index (χ2v) is 8.19. The number of carbonyl (C=O) groups excluding carboxylic acids is 2. The molecule has 1 aromatic rings. The van der Waals surface area contributed by atoms with Crippen LogP contribution in [0.15, 0.2) is 24.3 Å². The first-order chi connectivity index (χ1) is 11.8. The lowest BCUT2D eigenvalue weighted by molar-refractivity contribution is -0.129. The van der Waals surface area contributed by atoms with Gasteiger partial charge in [-0.15, -0.1) is 11.8 Å². The lowest BCUT2D eigenvalue weighted by Crippen LogP contribution is -2.46.